The van der Waals surface area contributed by atoms with Crippen LogP contribution in [0, 0.1) is 6.92 Å². The molecule has 8 heteroatoms. The van der Waals surface area contributed by atoms with Crippen molar-refractivity contribution < 1.29 is 22.4 Å². The molecule has 1 N–H and O–H groups in total. The highest BCUT2D eigenvalue weighted by molar-refractivity contribution is 6.04. The van der Waals surface area contributed by atoms with Crippen LogP contribution < -0.4 is 10.9 Å². The fourth-order valence-corrected chi connectivity index (χ4v) is 2.91. The minimum atomic E-state index is -4.51. The highest BCUT2D eigenvalue weighted by atomic mass is 19.4. The van der Waals surface area contributed by atoms with Gasteiger partial charge in [-0.25, -0.2) is 9.98 Å². The lowest BCUT2D eigenvalue weighted by molar-refractivity contribution is -0.137. The Morgan fingerprint density at radius 2 is 1.84 bits per heavy atom. The quantitative estimate of drug-likeness (QED) is 0.464. The normalized spacial score (nSPS) is 12.2. The minimum Gasteiger partial charge on any atom is -0.438 e. The van der Waals surface area contributed by atoms with E-state index in [1.165, 1.54) is 12.1 Å². The van der Waals surface area contributed by atoms with Gasteiger partial charge >= 0.3 is 6.18 Å². The highest BCUT2D eigenvalue weighted by Crippen LogP contribution is 2.31. The van der Waals surface area contributed by atoms with Crippen LogP contribution in [0.3, 0.4) is 0 Å². The first kappa shape index (κ1) is 20.3. The van der Waals surface area contributed by atoms with Gasteiger partial charge in [0, 0.05) is 11.6 Å². The monoisotopic (exact) mass is 423 g/mol. The summed E-state index contributed by atoms with van der Waals surface area (Å²) in [7, 11) is 0. The standard InChI is InChI=1S/C23H16F3N3O2/c1-14-9-10-20(27-13-14)29-21(30)18-11-15-5-2-3-8-19(15)31-22(18)28-17-7-4-6-16(12-17)23(24,25)26/h2-13H,1H3,(H,27,29,30). The van der Waals surface area contributed by atoms with Crippen LogP contribution in [-0.4, -0.2) is 10.9 Å². The molecule has 0 spiro atoms. The first-order chi connectivity index (χ1) is 14.8. The van der Waals surface area contributed by atoms with Gasteiger partial charge in [-0.3, -0.25) is 4.79 Å². The van der Waals surface area contributed by atoms with Gasteiger partial charge in [-0.2, -0.15) is 13.2 Å². The number of carbonyl (C=O) groups excluding carboxylic acids is 1. The minimum absolute atomic E-state index is 0.0105. The summed E-state index contributed by atoms with van der Waals surface area (Å²) in [6.07, 6.45) is -2.91. The number of rotatable bonds is 3. The number of hydrogen-bond donors (Lipinski definition) is 1. The summed E-state index contributed by atoms with van der Waals surface area (Å²) in [5, 5.41) is 3.31. The number of amides is 1. The number of anilines is 1. The van der Waals surface area contributed by atoms with Crippen molar-refractivity contribution in [2.45, 2.75) is 13.1 Å². The third kappa shape index (κ3) is 4.63. The molecular formula is C23H16F3N3O2. The third-order valence-corrected chi connectivity index (χ3v) is 4.46. The zero-order valence-corrected chi connectivity index (χ0v) is 16.3. The average molecular weight is 423 g/mol. The van der Waals surface area contributed by atoms with E-state index >= 15 is 0 Å². The molecule has 1 amide bonds. The summed E-state index contributed by atoms with van der Waals surface area (Å²) in [5.41, 5.74) is 0.499. The van der Waals surface area contributed by atoms with E-state index in [0.717, 1.165) is 17.7 Å². The number of pyridine rings is 1. The van der Waals surface area contributed by atoms with E-state index in [2.05, 4.69) is 15.3 Å². The molecule has 0 atom stereocenters. The number of fused-ring (bicyclic) bond motifs is 1. The summed E-state index contributed by atoms with van der Waals surface area (Å²) in [5.74, 6) is -0.217. The molecule has 0 fully saturated rings. The molecule has 0 saturated heterocycles. The molecule has 4 aromatic rings. The van der Waals surface area contributed by atoms with Gasteiger partial charge in [0.25, 0.3) is 5.91 Å². The Bertz CT molecular complexity index is 1330. The molecule has 0 aliphatic heterocycles. The first-order valence-electron chi connectivity index (χ1n) is 9.28. The lowest BCUT2D eigenvalue weighted by Gasteiger charge is -2.08. The van der Waals surface area contributed by atoms with E-state index in [-0.39, 0.29) is 16.8 Å². The van der Waals surface area contributed by atoms with E-state index in [4.69, 9.17) is 4.42 Å². The van der Waals surface area contributed by atoms with E-state index in [9.17, 15) is 18.0 Å². The molecule has 156 valence electrons. The predicted molar refractivity (Wildman–Crippen MR) is 110 cm³/mol. The van der Waals surface area contributed by atoms with Gasteiger partial charge in [0.1, 0.15) is 17.0 Å². The van der Waals surface area contributed by atoms with E-state index in [1.807, 2.05) is 6.92 Å². The Kier molecular flexibility index (Phi) is 5.29. The van der Waals surface area contributed by atoms with Crippen LogP contribution in [0.1, 0.15) is 21.5 Å². The zero-order valence-electron chi connectivity index (χ0n) is 16.3. The van der Waals surface area contributed by atoms with Crippen molar-refractivity contribution in [1.82, 2.24) is 4.98 Å². The molecule has 4 rings (SSSR count). The van der Waals surface area contributed by atoms with Crippen LogP contribution in [0.5, 0.6) is 0 Å². The van der Waals surface area contributed by atoms with Gasteiger partial charge in [-0.1, -0.05) is 30.3 Å². The Morgan fingerprint density at radius 1 is 1.03 bits per heavy atom. The maximum absolute atomic E-state index is 13.1. The molecule has 0 aliphatic carbocycles. The number of alkyl halides is 3. The van der Waals surface area contributed by atoms with E-state index < -0.39 is 17.6 Å². The summed E-state index contributed by atoms with van der Waals surface area (Å²) >= 11 is 0. The van der Waals surface area contributed by atoms with Crippen molar-refractivity contribution in [3.63, 3.8) is 0 Å². The third-order valence-electron chi connectivity index (χ3n) is 4.46. The number of nitrogens with one attached hydrogen (secondary N) is 1. The maximum atomic E-state index is 13.1. The summed E-state index contributed by atoms with van der Waals surface area (Å²) < 4.78 is 44.9. The molecule has 31 heavy (non-hydrogen) atoms. The number of carbonyl (C=O) groups is 1. The largest absolute Gasteiger partial charge is 0.438 e. The second-order valence-electron chi connectivity index (χ2n) is 6.84. The SMILES string of the molecule is Cc1ccc(NC(=O)c2cc3ccccc3oc2=Nc2cccc(C(F)(F)F)c2)nc1. The topological polar surface area (TPSA) is 67.5 Å². The number of aryl methyl sites for hydroxylation is 1. The van der Waals surface area contributed by atoms with Crippen LogP contribution in [0.25, 0.3) is 11.0 Å². The fraction of sp³-hybridized carbons (Fsp3) is 0.0870. The molecule has 0 unspecified atom stereocenters. The molecular weight excluding hydrogens is 407 g/mol. The predicted octanol–water partition coefficient (Wildman–Crippen LogP) is 5.64. The lowest BCUT2D eigenvalue weighted by Crippen LogP contribution is -2.22. The maximum Gasteiger partial charge on any atom is 0.416 e. The van der Waals surface area contributed by atoms with Crippen molar-refractivity contribution in [2.24, 2.45) is 4.99 Å². The summed E-state index contributed by atoms with van der Waals surface area (Å²) in [4.78, 5) is 21.3. The number of hydrogen-bond acceptors (Lipinski definition) is 4. The molecule has 2 heterocycles. The average Bonchev–Trinajstić information content (AvgIpc) is 2.74. The van der Waals surface area contributed by atoms with Crippen molar-refractivity contribution in [3.05, 3.63) is 95.2 Å². The second-order valence-corrected chi connectivity index (χ2v) is 6.84. The molecule has 5 nitrogen and oxygen atoms in total. The van der Waals surface area contributed by atoms with Crippen molar-refractivity contribution in [1.29, 1.82) is 0 Å². The van der Waals surface area contributed by atoms with Gasteiger partial charge in [-0.05, 0) is 48.9 Å². The van der Waals surface area contributed by atoms with Gasteiger partial charge in [-0.15, -0.1) is 0 Å². The number of benzene rings is 2. The lowest BCUT2D eigenvalue weighted by atomic mass is 10.1. The second kappa shape index (κ2) is 8.06. The smallest absolute Gasteiger partial charge is 0.416 e. The van der Waals surface area contributed by atoms with Crippen LogP contribution in [-0.2, 0) is 6.18 Å². The van der Waals surface area contributed by atoms with Crippen LogP contribution in [0.15, 0.2) is 82.3 Å². The van der Waals surface area contributed by atoms with Gasteiger partial charge < -0.3 is 9.73 Å². The Hall–Kier alpha value is -3.94. The van der Waals surface area contributed by atoms with Gasteiger partial charge in [0.2, 0.25) is 5.55 Å². The summed E-state index contributed by atoms with van der Waals surface area (Å²) in [6, 6.07) is 16.5. The number of nitrogens with zero attached hydrogens (tertiary/aromatic N) is 2. The van der Waals surface area contributed by atoms with Crippen LogP contribution in [0.2, 0.25) is 0 Å². The Morgan fingerprint density at radius 3 is 2.58 bits per heavy atom. The molecule has 0 bridgehead atoms. The van der Waals surface area contributed by atoms with Crippen LogP contribution >= 0.6 is 0 Å². The van der Waals surface area contributed by atoms with Crippen molar-refractivity contribution in [2.75, 3.05) is 5.32 Å². The van der Waals surface area contributed by atoms with Crippen molar-refractivity contribution in [3.8, 4) is 0 Å². The number of halogens is 3. The van der Waals surface area contributed by atoms with E-state index in [1.54, 1.807) is 48.7 Å². The van der Waals surface area contributed by atoms with E-state index in [0.29, 0.717) is 16.8 Å². The fourth-order valence-electron chi connectivity index (χ4n) is 2.91. The first-order valence-corrected chi connectivity index (χ1v) is 9.28. The zero-order chi connectivity index (χ0) is 22.0. The molecule has 0 saturated carbocycles. The molecule has 2 aromatic heterocycles. The Labute approximate surface area is 174 Å². The molecule has 2 aromatic carbocycles. The van der Waals surface area contributed by atoms with Crippen LogP contribution in [0.4, 0.5) is 24.7 Å². The number of para-hydroxylation sites is 1. The van der Waals surface area contributed by atoms with Crippen molar-refractivity contribution >= 4 is 28.4 Å². The molecule has 0 radical (unpaired) electrons. The summed E-state index contributed by atoms with van der Waals surface area (Å²) in [6.45, 7) is 1.87. The number of aromatic nitrogens is 1. The highest BCUT2D eigenvalue weighted by Gasteiger charge is 2.30. The van der Waals surface area contributed by atoms with Gasteiger partial charge in [0.15, 0.2) is 0 Å². The van der Waals surface area contributed by atoms with Gasteiger partial charge in [0.05, 0.1) is 11.3 Å². The molecule has 0 aliphatic rings. The Balaban J connectivity index is 1.83.